The molecule has 1 aromatic rings. The standard InChI is InChI=1S/C13H16O3/c1-9-6-5-7-10(8-9)13(2,3)11(14)12(15)16-4/h5-8H,1-4H3. The Morgan fingerprint density at radius 1 is 1.25 bits per heavy atom. The van der Waals surface area contributed by atoms with Gasteiger partial charge in [-0.25, -0.2) is 4.79 Å². The molecule has 0 aliphatic carbocycles. The second-order valence-electron chi connectivity index (χ2n) is 4.32. The molecule has 0 aliphatic rings. The third-order valence-corrected chi connectivity index (χ3v) is 2.68. The van der Waals surface area contributed by atoms with Crippen LogP contribution >= 0.6 is 0 Å². The summed E-state index contributed by atoms with van der Waals surface area (Å²) in [5.74, 6) is -1.33. The van der Waals surface area contributed by atoms with Crippen LogP contribution in [-0.2, 0) is 19.7 Å². The lowest BCUT2D eigenvalue weighted by Gasteiger charge is -2.22. The zero-order chi connectivity index (χ0) is 12.3. The zero-order valence-corrected chi connectivity index (χ0v) is 10.0. The summed E-state index contributed by atoms with van der Waals surface area (Å²) in [6.45, 7) is 5.39. The number of carbonyl (C=O) groups is 2. The highest BCUT2D eigenvalue weighted by molar-refractivity contribution is 6.37. The molecule has 3 nitrogen and oxygen atoms in total. The maximum absolute atomic E-state index is 11.8. The third kappa shape index (κ3) is 2.30. The molecule has 0 spiro atoms. The van der Waals surface area contributed by atoms with Crippen molar-refractivity contribution < 1.29 is 14.3 Å². The number of carbonyl (C=O) groups excluding carboxylic acids is 2. The van der Waals surface area contributed by atoms with Gasteiger partial charge in [-0.3, -0.25) is 4.79 Å². The Balaban J connectivity index is 3.11. The average Bonchev–Trinajstić information content (AvgIpc) is 2.27. The molecule has 0 aliphatic heterocycles. The predicted octanol–water partition coefficient (Wildman–Crippen LogP) is 2.01. The van der Waals surface area contributed by atoms with Crippen molar-refractivity contribution in [3.63, 3.8) is 0 Å². The fraction of sp³-hybridized carbons (Fsp3) is 0.385. The molecule has 0 fully saturated rings. The number of hydrogen-bond donors (Lipinski definition) is 0. The fourth-order valence-corrected chi connectivity index (χ4v) is 1.51. The normalized spacial score (nSPS) is 11.0. The van der Waals surface area contributed by atoms with Gasteiger partial charge in [-0.2, -0.15) is 0 Å². The molecule has 3 heteroatoms. The molecule has 0 heterocycles. The van der Waals surface area contributed by atoms with Crippen LogP contribution in [0.4, 0.5) is 0 Å². The van der Waals surface area contributed by atoms with Gasteiger partial charge in [-0.1, -0.05) is 29.8 Å². The maximum atomic E-state index is 11.8. The van der Waals surface area contributed by atoms with Crippen LogP contribution in [-0.4, -0.2) is 18.9 Å². The van der Waals surface area contributed by atoms with Gasteiger partial charge in [0.1, 0.15) is 0 Å². The number of methoxy groups -OCH3 is 1. The van der Waals surface area contributed by atoms with Crippen molar-refractivity contribution in [3.8, 4) is 0 Å². The molecule has 1 rings (SSSR count). The van der Waals surface area contributed by atoms with E-state index >= 15 is 0 Å². The van der Waals surface area contributed by atoms with Crippen LogP contribution in [0.5, 0.6) is 0 Å². The van der Waals surface area contributed by atoms with E-state index in [1.165, 1.54) is 7.11 Å². The second-order valence-corrected chi connectivity index (χ2v) is 4.32. The van der Waals surface area contributed by atoms with Crippen molar-refractivity contribution in [3.05, 3.63) is 35.4 Å². The molecule has 86 valence electrons. The average molecular weight is 220 g/mol. The second kappa shape index (κ2) is 4.47. The first kappa shape index (κ1) is 12.4. The summed E-state index contributed by atoms with van der Waals surface area (Å²) in [6.07, 6.45) is 0. The lowest BCUT2D eigenvalue weighted by molar-refractivity contribution is -0.153. The number of hydrogen-bond acceptors (Lipinski definition) is 3. The molecular formula is C13H16O3. The van der Waals surface area contributed by atoms with Crippen LogP contribution in [0.15, 0.2) is 24.3 Å². The van der Waals surface area contributed by atoms with E-state index in [0.29, 0.717) is 0 Å². The summed E-state index contributed by atoms with van der Waals surface area (Å²) in [4.78, 5) is 23.1. The minimum absolute atomic E-state index is 0.527. The van der Waals surface area contributed by atoms with Crippen molar-refractivity contribution in [2.45, 2.75) is 26.2 Å². The van der Waals surface area contributed by atoms with Crippen molar-refractivity contribution in [1.29, 1.82) is 0 Å². The quantitative estimate of drug-likeness (QED) is 0.578. The van der Waals surface area contributed by atoms with E-state index in [4.69, 9.17) is 0 Å². The Hall–Kier alpha value is -1.64. The van der Waals surface area contributed by atoms with Crippen LogP contribution in [0.1, 0.15) is 25.0 Å². The van der Waals surface area contributed by atoms with E-state index in [1.54, 1.807) is 13.8 Å². The molecule has 1 aromatic carbocycles. The van der Waals surface area contributed by atoms with E-state index < -0.39 is 17.2 Å². The van der Waals surface area contributed by atoms with E-state index in [9.17, 15) is 9.59 Å². The number of rotatable bonds is 3. The van der Waals surface area contributed by atoms with E-state index in [1.807, 2.05) is 31.2 Å². The van der Waals surface area contributed by atoms with Gasteiger partial charge in [0.05, 0.1) is 12.5 Å². The number of benzene rings is 1. The summed E-state index contributed by atoms with van der Waals surface area (Å²) in [5, 5.41) is 0. The molecule has 0 amide bonds. The largest absolute Gasteiger partial charge is 0.463 e. The first-order valence-corrected chi connectivity index (χ1v) is 5.09. The zero-order valence-electron chi connectivity index (χ0n) is 10.0. The molecule has 0 unspecified atom stereocenters. The number of Topliss-reactive ketones (excluding diaryl/α,β-unsaturated/α-hetero) is 1. The Morgan fingerprint density at radius 3 is 2.38 bits per heavy atom. The van der Waals surface area contributed by atoms with Crippen LogP contribution in [0.2, 0.25) is 0 Å². The molecule has 0 saturated heterocycles. The van der Waals surface area contributed by atoms with Gasteiger partial charge in [0, 0.05) is 0 Å². The van der Waals surface area contributed by atoms with Crippen molar-refractivity contribution in [2.24, 2.45) is 0 Å². The van der Waals surface area contributed by atoms with Gasteiger partial charge in [0.15, 0.2) is 0 Å². The Kier molecular flexibility index (Phi) is 3.48. The fourth-order valence-electron chi connectivity index (χ4n) is 1.51. The predicted molar refractivity (Wildman–Crippen MR) is 61.2 cm³/mol. The first-order valence-electron chi connectivity index (χ1n) is 5.09. The van der Waals surface area contributed by atoms with Crippen LogP contribution in [0.25, 0.3) is 0 Å². The SMILES string of the molecule is COC(=O)C(=O)C(C)(C)c1cccc(C)c1. The van der Waals surface area contributed by atoms with Crippen molar-refractivity contribution in [2.75, 3.05) is 7.11 Å². The molecular weight excluding hydrogens is 204 g/mol. The number of ether oxygens (including phenoxy) is 1. The van der Waals surface area contributed by atoms with E-state index in [-0.39, 0.29) is 0 Å². The molecule has 0 saturated carbocycles. The smallest absolute Gasteiger partial charge is 0.375 e. The first-order chi connectivity index (χ1) is 7.39. The van der Waals surface area contributed by atoms with E-state index in [0.717, 1.165) is 11.1 Å². The molecule has 0 atom stereocenters. The third-order valence-electron chi connectivity index (χ3n) is 2.68. The summed E-state index contributed by atoms with van der Waals surface area (Å²) < 4.78 is 4.46. The number of aryl methyl sites for hydroxylation is 1. The lowest BCUT2D eigenvalue weighted by atomic mass is 9.80. The number of esters is 1. The van der Waals surface area contributed by atoms with Crippen LogP contribution < -0.4 is 0 Å². The Bertz CT molecular complexity index is 419. The van der Waals surface area contributed by atoms with Gasteiger partial charge in [0.25, 0.3) is 0 Å². The summed E-state index contributed by atoms with van der Waals surface area (Å²) in [5.41, 5.74) is 1.03. The molecule has 0 radical (unpaired) electrons. The minimum atomic E-state index is -0.848. The monoisotopic (exact) mass is 220 g/mol. The number of ketones is 1. The maximum Gasteiger partial charge on any atom is 0.375 e. The summed E-state index contributed by atoms with van der Waals surface area (Å²) in [7, 11) is 1.21. The van der Waals surface area contributed by atoms with E-state index in [2.05, 4.69) is 4.74 Å². The lowest BCUT2D eigenvalue weighted by Crippen LogP contribution is -2.35. The molecule has 0 N–H and O–H groups in total. The van der Waals surface area contributed by atoms with Gasteiger partial charge in [-0.05, 0) is 26.3 Å². The summed E-state index contributed by atoms with van der Waals surface area (Å²) >= 11 is 0. The van der Waals surface area contributed by atoms with Gasteiger partial charge in [0.2, 0.25) is 5.78 Å². The van der Waals surface area contributed by atoms with Gasteiger partial charge >= 0.3 is 5.97 Å². The highest BCUT2D eigenvalue weighted by Gasteiger charge is 2.35. The Labute approximate surface area is 95.4 Å². The van der Waals surface area contributed by atoms with Gasteiger partial charge in [-0.15, -0.1) is 0 Å². The topological polar surface area (TPSA) is 43.4 Å². The highest BCUT2D eigenvalue weighted by atomic mass is 16.5. The molecule has 0 aromatic heterocycles. The van der Waals surface area contributed by atoms with Crippen LogP contribution in [0, 0.1) is 6.92 Å². The van der Waals surface area contributed by atoms with Gasteiger partial charge < -0.3 is 4.74 Å². The van der Waals surface area contributed by atoms with Crippen LogP contribution in [0.3, 0.4) is 0 Å². The van der Waals surface area contributed by atoms with Crippen molar-refractivity contribution >= 4 is 11.8 Å². The highest BCUT2D eigenvalue weighted by Crippen LogP contribution is 2.25. The van der Waals surface area contributed by atoms with Crippen molar-refractivity contribution in [1.82, 2.24) is 0 Å². The Morgan fingerprint density at radius 2 is 1.88 bits per heavy atom. The molecule has 16 heavy (non-hydrogen) atoms. The molecule has 0 bridgehead atoms. The summed E-state index contributed by atoms with van der Waals surface area (Å²) in [6, 6.07) is 7.56. The minimum Gasteiger partial charge on any atom is -0.463 e.